The number of furan rings is 1. The van der Waals surface area contributed by atoms with Gasteiger partial charge in [0.15, 0.2) is 5.11 Å². The molecule has 0 spiro atoms. The molecule has 1 saturated heterocycles. The Morgan fingerprint density at radius 2 is 1.76 bits per heavy atom. The van der Waals surface area contributed by atoms with E-state index in [1.165, 1.54) is 26.2 Å². The second-order valence-electron chi connectivity index (χ2n) is 9.17. The van der Waals surface area contributed by atoms with Gasteiger partial charge in [-0.05, 0) is 72.9 Å². The lowest BCUT2D eigenvalue weighted by molar-refractivity contribution is -0.114. The van der Waals surface area contributed by atoms with Crippen LogP contribution in [0.2, 0.25) is 0 Å². The number of carbonyl (C=O) groups is 3. The van der Waals surface area contributed by atoms with Crippen molar-refractivity contribution in [2.24, 2.45) is 0 Å². The first-order chi connectivity index (χ1) is 19.7. The third-order valence-corrected chi connectivity index (χ3v) is 6.81. The zero-order chi connectivity index (χ0) is 29.3. The van der Waals surface area contributed by atoms with Gasteiger partial charge < -0.3 is 34.9 Å². The highest BCUT2D eigenvalue weighted by molar-refractivity contribution is 7.80. The maximum Gasteiger partial charge on any atom is 0.335 e. The van der Waals surface area contributed by atoms with Crippen molar-refractivity contribution >= 4 is 46.6 Å². The monoisotopic (exact) mass is 572 g/mol. The number of aromatic nitrogens is 1. The fourth-order valence-electron chi connectivity index (χ4n) is 4.74. The van der Waals surface area contributed by atoms with Crippen molar-refractivity contribution in [3.05, 3.63) is 95.5 Å². The van der Waals surface area contributed by atoms with Crippen LogP contribution in [0.25, 0.3) is 11.3 Å². The number of pyridine rings is 1. The second-order valence-corrected chi connectivity index (χ2v) is 9.56. The number of ether oxygens (including phenoxy) is 1. The Bertz CT molecular complexity index is 1640. The average Bonchev–Trinajstić information content (AvgIpc) is 3.57. The molecule has 208 valence electrons. The van der Waals surface area contributed by atoms with Gasteiger partial charge >= 0.3 is 11.9 Å². The number of carboxylic acids is 2. The predicted octanol–water partition coefficient (Wildman–Crippen LogP) is 4.88. The molecular weight excluding hydrogens is 548 g/mol. The molecule has 12 heteroatoms. The molecule has 3 heterocycles. The number of hydrogen-bond donors (Lipinski definition) is 4. The SMILES string of the molecule is COc1ccc(N2C(=S)NC(c3ccccn3)C2c2ccc(-c3cc(C(=O)O)cc(C(=O)O)c3)o2)cc1NC(C)=O. The van der Waals surface area contributed by atoms with E-state index < -0.39 is 24.0 Å². The highest BCUT2D eigenvalue weighted by Crippen LogP contribution is 2.44. The van der Waals surface area contributed by atoms with Gasteiger partial charge in [-0.1, -0.05) is 6.07 Å². The number of hydrogen-bond acceptors (Lipinski definition) is 7. The summed E-state index contributed by atoms with van der Waals surface area (Å²) in [4.78, 5) is 41.5. The quantitative estimate of drug-likeness (QED) is 0.214. The number of benzene rings is 2. The van der Waals surface area contributed by atoms with Gasteiger partial charge in [0.25, 0.3) is 0 Å². The molecule has 0 saturated carbocycles. The van der Waals surface area contributed by atoms with Gasteiger partial charge in [0.1, 0.15) is 23.3 Å². The summed E-state index contributed by atoms with van der Waals surface area (Å²) in [5, 5.41) is 25.5. The first-order valence-corrected chi connectivity index (χ1v) is 12.7. The summed E-state index contributed by atoms with van der Waals surface area (Å²) in [6, 6.07) is 16.9. The standard InChI is InChI=1S/C29H24N4O7S/c1-15(34)31-21-14-19(6-7-23(21)39-2)33-26(25(32-29(33)41)20-5-3-4-10-30-20)24-9-8-22(40-24)16-11-17(27(35)36)13-18(12-16)28(37)38/h3-14,25-26H,1-2H3,(H,31,34)(H,32,41)(H,35,36)(H,37,38). The third kappa shape index (κ3) is 5.45. The number of aromatic carboxylic acids is 2. The van der Waals surface area contributed by atoms with Crippen LogP contribution in [0.3, 0.4) is 0 Å². The van der Waals surface area contributed by atoms with E-state index in [1.54, 1.807) is 42.6 Å². The van der Waals surface area contributed by atoms with E-state index in [4.69, 9.17) is 21.4 Å². The molecule has 2 aromatic carbocycles. The number of amides is 1. The van der Waals surface area contributed by atoms with Crippen molar-refractivity contribution in [2.45, 2.75) is 19.0 Å². The largest absolute Gasteiger partial charge is 0.495 e. The predicted molar refractivity (Wildman–Crippen MR) is 153 cm³/mol. The van der Waals surface area contributed by atoms with Crippen molar-refractivity contribution in [2.75, 3.05) is 17.3 Å². The molecule has 2 unspecified atom stereocenters. The normalized spacial score (nSPS) is 16.2. The Morgan fingerprint density at radius 3 is 2.37 bits per heavy atom. The van der Waals surface area contributed by atoms with E-state index in [-0.39, 0.29) is 22.8 Å². The lowest BCUT2D eigenvalue weighted by atomic mass is 10.0. The zero-order valence-corrected chi connectivity index (χ0v) is 22.6. The number of carbonyl (C=O) groups excluding carboxylic acids is 1. The van der Waals surface area contributed by atoms with Gasteiger partial charge in [-0.15, -0.1) is 0 Å². The Kier molecular flexibility index (Phi) is 7.40. The first-order valence-electron chi connectivity index (χ1n) is 12.3. The lowest BCUT2D eigenvalue weighted by Gasteiger charge is -2.27. The average molecular weight is 573 g/mol. The van der Waals surface area contributed by atoms with Crippen LogP contribution < -0.4 is 20.3 Å². The first kappa shape index (κ1) is 27.3. The number of anilines is 2. The maximum atomic E-state index is 11.9. The van der Waals surface area contributed by atoms with E-state index in [0.29, 0.717) is 39.3 Å². The summed E-state index contributed by atoms with van der Waals surface area (Å²) < 4.78 is 11.7. The molecule has 1 fully saturated rings. The van der Waals surface area contributed by atoms with Crippen LogP contribution in [0.5, 0.6) is 5.75 Å². The van der Waals surface area contributed by atoms with Gasteiger partial charge in [0, 0.05) is 24.4 Å². The molecule has 1 aliphatic rings. The molecule has 5 rings (SSSR count). The number of carboxylic acid groups (broad SMARTS) is 2. The Balaban J connectivity index is 1.62. The topological polar surface area (TPSA) is 154 Å². The van der Waals surface area contributed by atoms with Crippen LogP contribution in [0, 0.1) is 0 Å². The molecule has 41 heavy (non-hydrogen) atoms. The van der Waals surface area contributed by atoms with E-state index in [9.17, 15) is 24.6 Å². The number of nitrogens with zero attached hydrogens (tertiary/aromatic N) is 2. The van der Waals surface area contributed by atoms with Gasteiger partial charge in [-0.2, -0.15) is 0 Å². The Labute approximate surface area is 239 Å². The van der Waals surface area contributed by atoms with Crippen LogP contribution in [-0.2, 0) is 4.79 Å². The van der Waals surface area contributed by atoms with E-state index >= 15 is 0 Å². The fraction of sp³-hybridized carbons (Fsp3) is 0.138. The van der Waals surface area contributed by atoms with Crippen molar-refractivity contribution in [1.82, 2.24) is 10.3 Å². The summed E-state index contributed by atoms with van der Waals surface area (Å²) >= 11 is 5.76. The number of methoxy groups -OCH3 is 1. The fourth-order valence-corrected chi connectivity index (χ4v) is 5.08. The van der Waals surface area contributed by atoms with Crippen LogP contribution in [-0.4, -0.2) is 45.3 Å². The van der Waals surface area contributed by atoms with Gasteiger partial charge in [-0.25, -0.2) is 9.59 Å². The number of thiocarbonyl (C=S) groups is 1. The lowest BCUT2D eigenvalue weighted by Crippen LogP contribution is -2.29. The summed E-state index contributed by atoms with van der Waals surface area (Å²) in [5.41, 5.74) is 1.70. The van der Waals surface area contributed by atoms with Gasteiger partial charge in [-0.3, -0.25) is 9.78 Å². The number of rotatable bonds is 8. The van der Waals surface area contributed by atoms with Crippen molar-refractivity contribution in [3.8, 4) is 17.1 Å². The highest BCUT2D eigenvalue weighted by Gasteiger charge is 2.43. The Hall–Kier alpha value is -5.23. The summed E-state index contributed by atoms with van der Waals surface area (Å²) in [7, 11) is 1.50. The van der Waals surface area contributed by atoms with Crippen molar-refractivity contribution in [3.63, 3.8) is 0 Å². The smallest absolute Gasteiger partial charge is 0.335 e. The van der Waals surface area contributed by atoms with E-state index in [2.05, 4.69) is 15.6 Å². The van der Waals surface area contributed by atoms with Gasteiger partial charge in [0.2, 0.25) is 5.91 Å². The molecule has 0 aliphatic carbocycles. The molecule has 11 nitrogen and oxygen atoms in total. The maximum absolute atomic E-state index is 11.9. The highest BCUT2D eigenvalue weighted by atomic mass is 32.1. The molecule has 2 aromatic heterocycles. The van der Waals surface area contributed by atoms with Crippen LogP contribution in [0.4, 0.5) is 11.4 Å². The minimum Gasteiger partial charge on any atom is -0.495 e. The molecule has 4 aromatic rings. The molecule has 0 bridgehead atoms. The summed E-state index contributed by atoms with van der Waals surface area (Å²) in [5.74, 6) is -1.60. The molecule has 4 N–H and O–H groups in total. The third-order valence-electron chi connectivity index (χ3n) is 6.50. The van der Waals surface area contributed by atoms with Crippen molar-refractivity contribution < 1.29 is 33.8 Å². The van der Waals surface area contributed by atoms with Crippen LogP contribution >= 0.6 is 12.2 Å². The zero-order valence-electron chi connectivity index (χ0n) is 21.8. The van der Waals surface area contributed by atoms with Crippen LogP contribution in [0.1, 0.15) is 51.2 Å². The molecule has 2 atom stereocenters. The van der Waals surface area contributed by atoms with Crippen LogP contribution in [0.15, 0.2) is 77.3 Å². The van der Waals surface area contributed by atoms with Gasteiger partial charge in [0.05, 0.1) is 35.7 Å². The minimum absolute atomic E-state index is 0.182. The minimum atomic E-state index is -1.26. The summed E-state index contributed by atoms with van der Waals surface area (Å²) in [6.07, 6.45) is 1.67. The molecule has 1 amide bonds. The second kappa shape index (κ2) is 11.1. The van der Waals surface area contributed by atoms with Crippen molar-refractivity contribution in [1.29, 1.82) is 0 Å². The van der Waals surface area contributed by atoms with E-state index in [1.807, 2.05) is 17.0 Å². The number of nitrogens with one attached hydrogen (secondary N) is 2. The molecule has 0 radical (unpaired) electrons. The van der Waals surface area contributed by atoms with E-state index in [0.717, 1.165) is 6.07 Å². The Morgan fingerprint density at radius 1 is 1.02 bits per heavy atom. The summed E-state index contributed by atoms with van der Waals surface area (Å²) in [6.45, 7) is 1.40. The molecular formula is C29H24N4O7S. The molecule has 1 aliphatic heterocycles.